The van der Waals surface area contributed by atoms with Crippen LogP contribution in [0.3, 0.4) is 0 Å². The summed E-state index contributed by atoms with van der Waals surface area (Å²) < 4.78 is 28.6. The number of nitrogens with one attached hydrogen (secondary N) is 1. The highest BCUT2D eigenvalue weighted by atomic mass is 32.2. The number of nitriles is 1. The van der Waals surface area contributed by atoms with E-state index in [0.717, 1.165) is 16.3 Å². The lowest BCUT2D eigenvalue weighted by molar-refractivity contribution is -0.120. The predicted octanol–water partition coefficient (Wildman–Crippen LogP) is 4.03. The molecule has 1 aliphatic rings. The van der Waals surface area contributed by atoms with E-state index in [4.69, 9.17) is 0 Å². The molecule has 0 unspecified atom stereocenters. The van der Waals surface area contributed by atoms with Crippen molar-refractivity contribution in [1.29, 1.82) is 5.26 Å². The SMILES string of the molecule is N#Cc1ccc(-c2cnccc2NS(=O)(=O)C2CCC(=O)CC2)c2ccccc12. The first-order valence-electron chi connectivity index (χ1n) is 9.39. The standard InChI is InChI=1S/C22H19N3O3S/c23-13-15-5-10-20(19-4-2-1-3-18(15)19)21-14-24-12-11-22(21)25-29(27,28)17-8-6-16(26)7-9-17/h1-5,10-12,14,17H,6-9H2,(H,24,25). The van der Waals surface area contributed by atoms with Crippen LogP contribution in [0.1, 0.15) is 31.2 Å². The van der Waals surface area contributed by atoms with Crippen molar-refractivity contribution in [3.8, 4) is 17.2 Å². The first-order valence-corrected chi connectivity index (χ1v) is 10.9. The van der Waals surface area contributed by atoms with Gasteiger partial charge in [-0.25, -0.2) is 8.42 Å². The van der Waals surface area contributed by atoms with Gasteiger partial charge in [-0.05, 0) is 35.9 Å². The molecule has 3 aromatic rings. The minimum Gasteiger partial charge on any atom is -0.300 e. The summed E-state index contributed by atoms with van der Waals surface area (Å²) in [4.78, 5) is 15.6. The number of carbonyl (C=O) groups is 1. The molecule has 1 aromatic heterocycles. The number of sulfonamides is 1. The maximum Gasteiger partial charge on any atom is 0.235 e. The second kappa shape index (κ2) is 7.64. The van der Waals surface area contributed by atoms with E-state index in [1.54, 1.807) is 18.3 Å². The Hall–Kier alpha value is -3.24. The summed E-state index contributed by atoms with van der Waals surface area (Å²) in [6.45, 7) is 0. The second-order valence-electron chi connectivity index (χ2n) is 7.12. The zero-order chi connectivity index (χ0) is 20.4. The van der Waals surface area contributed by atoms with Gasteiger partial charge in [-0.15, -0.1) is 0 Å². The van der Waals surface area contributed by atoms with E-state index < -0.39 is 15.3 Å². The molecule has 0 amide bonds. The Kier molecular flexibility index (Phi) is 5.03. The lowest BCUT2D eigenvalue weighted by Gasteiger charge is -2.23. The molecular formula is C22H19N3O3S. The van der Waals surface area contributed by atoms with Crippen molar-refractivity contribution in [3.63, 3.8) is 0 Å². The summed E-state index contributed by atoms with van der Waals surface area (Å²) in [5.74, 6) is 0.116. The van der Waals surface area contributed by atoms with Crippen LogP contribution in [0.15, 0.2) is 54.9 Å². The summed E-state index contributed by atoms with van der Waals surface area (Å²) in [7, 11) is -3.64. The monoisotopic (exact) mass is 405 g/mol. The molecule has 1 fully saturated rings. The number of hydrogen-bond donors (Lipinski definition) is 1. The van der Waals surface area contributed by atoms with E-state index in [1.807, 2.05) is 30.3 Å². The van der Waals surface area contributed by atoms with Crippen LogP contribution in [-0.2, 0) is 14.8 Å². The molecule has 4 rings (SSSR count). The van der Waals surface area contributed by atoms with Gasteiger partial charge in [0.25, 0.3) is 0 Å². The Morgan fingerprint density at radius 3 is 2.45 bits per heavy atom. The van der Waals surface area contributed by atoms with Crippen LogP contribution in [0.4, 0.5) is 5.69 Å². The summed E-state index contributed by atoms with van der Waals surface area (Å²) >= 11 is 0. The van der Waals surface area contributed by atoms with Crippen molar-refractivity contribution < 1.29 is 13.2 Å². The molecular weight excluding hydrogens is 386 g/mol. The molecule has 0 spiro atoms. The highest BCUT2D eigenvalue weighted by Crippen LogP contribution is 2.35. The number of nitrogens with zero attached hydrogens (tertiary/aromatic N) is 2. The predicted molar refractivity (Wildman–Crippen MR) is 112 cm³/mol. The molecule has 6 nitrogen and oxygen atoms in total. The molecule has 1 N–H and O–H groups in total. The van der Waals surface area contributed by atoms with Gasteiger partial charge in [0.15, 0.2) is 0 Å². The van der Waals surface area contributed by atoms with Gasteiger partial charge < -0.3 is 0 Å². The molecule has 7 heteroatoms. The maximum absolute atomic E-state index is 12.9. The lowest BCUT2D eigenvalue weighted by atomic mass is 9.95. The number of benzene rings is 2. The lowest BCUT2D eigenvalue weighted by Crippen LogP contribution is -2.32. The molecule has 1 saturated carbocycles. The third kappa shape index (κ3) is 3.71. The maximum atomic E-state index is 12.9. The average Bonchev–Trinajstić information content (AvgIpc) is 2.73. The van der Waals surface area contributed by atoms with Crippen molar-refractivity contribution in [3.05, 3.63) is 60.4 Å². The van der Waals surface area contributed by atoms with Gasteiger partial charge in [0, 0.05) is 36.2 Å². The van der Waals surface area contributed by atoms with Gasteiger partial charge in [-0.2, -0.15) is 5.26 Å². The minimum absolute atomic E-state index is 0.116. The van der Waals surface area contributed by atoms with E-state index in [-0.39, 0.29) is 5.78 Å². The minimum atomic E-state index is -3.64. The number of aromatic nitrogens is 1. The van der Waals surface area contributed by atoms with E-state index >= 15 is 0 Å². The van der Waals surface area contributed by atoms with Gasteiger partial charge in [0.2, 0.25) is 10.0 Å². The molecule has 1 aliphatic carbocycles. The molecule has 2 aromatic carbocycles. The van der Waals surface area contributed by atoms with Crippen molar-refractivity contribution in [2.24, 2.45) is 0 Å². The number of hydrogen-bond acceptors (Lipinski definition) is 5. The Bertz CT molecular complexity index is 1240. The van der Waals surface area contributed by atoms with Gasteiger partial charge in [-0.3, -0.25) is 14.5 Å². The number of ketones is 1. The zero-order valence-corrected chi connectivity index (χ0v) is 16.4. The third-order valence-electron chi connectivity index (χ3n) is 5.34. The molecule has 0 bridgehead atoms. The van der Waals surface area contributed by atoms with Crippen LogP contribution < -0.4 is 4.72 Å². The smallest absolute Gasteiger partial charge is 0.235 e. The highest BCUT2D eigenvalue weighted by Gasteiger charge is 2.30. The molecule has 29 heavy (non-hydrogen) atoms. The zero-order valence-electron chi connectivity index (χ0n) is 15.6. The highest BCUT2D eigenvalue weighted by molar-refractivity contribution is 7.93. The summed E-state index contributed by atoms with van der Waals surface area (Å²) in [6.07, 6.45) is 4.44. The summed E-state index contributed by atoms with van der Waals surface area (Å²) in [6, 6.07) is 14.9. The van der Waals surface area contributed by atoms with E-state index in [9.17, 15) is 18.5 Å². The van der Waals surface area contributed by atoms with Crippen LogP contribution in [0.2, 0.25) is 0 Å². The fourth-order valence-corrected chi connectivity index (χ4v) is 5.30. The molecule has 0 atom stereocenters. The first-order chi connectivity index (χ1) is 14.0. The fourth-order valence-electron chi connectivity index (χ4n) is 3.79. The molecule has 1 heterocycles. The fraction of sp³-hybridized carbons (Fsp3) is 0.227. The van der Waals surface area contributed by atoms with Crippen molar-refractivity contribution >= 4 is 32.3 Å². The Labute approximate surface area is 169 Å². The topological polar surface area (TPSA) is 99.9 Å². The number of pyridine rings is 1. The molecule has 146 valence electrons. The van der Waals surface area contributed by atoms with Crippen LogP contribution in [0.5, 0.6) is 0 Å². The number of fused-ring (bicyclic) bond motifs is 1. The van der Waals surface area contributed by atoms with E-state index in [2.05, 4.69) is 15.8 Å². The van der Waals surface area contributed by atoms with Crippen molar-refractivity contribution in [2.45, 2.75) is 30.9 Å². The Balaban J connectivity index is 1.77. The first kappa shape index (κ1) is 19.1. The van der Waals surface area contributed by atoms with Crippen molar-refractivity contribution in [1.82, 2.24) is 4.98 Å². The third-order valence-corrected chi connectivity index (χ3v) is 7.19. The molecule has 0 radical (unpaired) electrons. The van der Waals surface area contributed by atoms with Crippen LogP contribution in [0.25, 0.3) is 21.9 Å². The van der Waals surface area contributed by atoms with Gasteiger partial charge in [0.1, 0.15) is 5.78 Å². The number of carbonyl (C=O) groups excluding carboxylic acids is 1. The largest absolute Gasteiger partial charge is 0.300 e. The Morgan fingerprint density at radius 2 is 1.72 bits per heavy atom. The Morgan fingerprint density at radius 1 is 1.00 bits per heavy atom. The number of anilines is 1. The quantitative estimate of drug-likeness (QED) is 0.706. The van der Waals surface area contributed by atoms with Crippen LogP contribution in [-0.4, -0.2) is 24.4 Å². The number of Topliss-reactive ketones (excluding diaryl/α,β-unsaturated/α-hetero) is 1. The van der Waals surface area contributed by atoms with Crippen LogP contribution in [0, 0.1) is 11.3 Å². The van der Waals surface area contributed by atoms with E-state index in [0.29, 0.717) is 42.5 Å². The van der Waals surface area contributed by atoms with Crippen molar-refractivity contribution in [2.75, 3.05) is 4.72 Å². The molecule has 0 aliphatic heterocycles. The summed E-state index contributed by atoms with van der Waals surface area (Å²) in [5, 5.41) is 10.5. The van der Waals surface area contributed by atoms with Gasteiger partial charge >= 0.3 is 0 Å². The van der Waals surface area contributed by atoms with Gasteiger partial charge in [-0.1, -0.05) is 30.3 Å². The average molecular weight is 405 g/mol. The normalized spacial score (nSPS) is 15.2. The molecule has 0 saturated heterocycles. The van der Waals surface area contributed by atoms with Crippen LogP contribution >= 0.6 is 0 Å². The van der Waals surface area contributed by atoms with Gasteiger partial charge in [0.05, 0.1) is 22.6 Å². The van der Waals surface area contributed by atoms with E-state index in [1.165, 1.54) is 6.20 Å². The second-order valence-corrected chi connectivity index (χ2v) is 9.09. The summed E-state index contributed by atoms with van der Waals surface area (Å²) in [5.41, 5.74) is 2.43. The number of rotatable bonds is 4.